The lowest BCUT2D eigenvalue weighted by molar-refractivity contribution is -0.141. The van der Waals surface area contributed by atoms with Gasteiger partial charge in [0.15, 0.2) is 0 Å². The van der Waals surface area contributed by atoms with Crippen LogP contribution >= 0.6 is 0 Å². The minimum atomic E-state index is -1.00. The quantitative estimate of drug-likeness (QED) is 0.528. The van der Waals surface area contributed by atoms with Crippen molar-refractivity contribution in [2.45, 2.75) is 59.9 Å². The van der Waals surface area contributed by atoms with Gasteiger partial charge in [-0.15, -0.1) is 0 Å². The Morgan fingerprint density at radius 3 is 2.24 bits per heavy atom. The molecule has 0 aliphatic carbocycles. The standard InChI is InChI=1S/C13H26N2O2/c1-6-8-9-14-11(16)13(4,5)12(17)15-10(3)7-2/h10H,6-9H2,1-5H3,(H,14,16)(H,15,17). The molecule has 1 unspecified atom stereocenters. The van der Waals surface area contributed by atoms with Gasteiger partial charge < -0.3 is 10.6 Å². The van der Waals surface area contributed by atoms with E-state index < -0.39 is 5.41 Å². The molecular weight excluding hydrogens is 216 g/mol. The zero-order chi connectivity index (χ0) is 13.5. The van der Waals surface area contributed by atoms with E-state index in [1.807, 2.05) is 13.8 Å². The van der Waals surface area contributed by atoms with Gasteiger partial charge in [-0.25, -0.2) is 0 Å². The second kappa shape index (κ2) is 7.30. The topological polar surface area (TPSA) is 58.2 Å². The van der Waals surface area contributed by atoms with Crippen LogP contribution in [0.4, 0.5) is 0 Å². The minimum Gasteiger partial charge on any atom is -0.355 e. The predicted octanol–water partition coefficient (Wildman–Crippen LogP) is 1.84. The number of carbonyl (C=O) groups excluding carboxylic acids is 2. The van der Waals surface area contributed by atoms with E-state index in [1.54, 1.807) is 13.8 Å². The summed E-state index contributed by atoms with van der Waals surface area (Å²) in [6.07, 6.45) is 2.83. The molecule has 0 spiro atoms. The summed E-state index contributed by atoms with van der Waals surface area (Å²) in [5, 5.41) is 5.64. The number of unbranched alkanes of at least 4 members (excludes halogenated alkanes) is 1. The average molecular weight is 242 g/mol. The van der Waals surface area contributed by atoms with Gasteiger partial charge >= 0.3 is 0 Å². The number of hydrogen-bond acceptors (Lipinski definition) is 2. The van der Waals surface area contributed by atoms with Crippen LogP contribution in [-0.2, 0) is 9.59 Å². The Balaban J connectivity index is 4.33. The Morgan fingerprint density at radius 2 is 1.76 bits per heavy atom. The summed E-state index contributed by atoms with van der Waals surface area (Å²) in [7, 11) is 0. The van der Waals surface area contributed by atoms with Crippen molar-refractivity contribution in [3.63, 3.8) is 0 Å². The number of nitrogens with one attached hydrogen (secondary N) is 2. The molecule has 0 radical (unpaired) electrons. The van der Waals surface area contributed by atoms with Crippen molar-refractivity contribution in [2.75, 3.05) is 6.54 Å². The summed E-state index contributed by atoms with van der Waals surface area (Å²) >= 11 is 0. The molecule has 2 N–H and O–H groups in total. The van der Waals surface area contributed by atoms with E-state index >= 15 is 0 Å². The maximum absolute atomic E-state index is 11.9. The Morgan fingerprint density at radius 1 is 1.18 bits per heavy atom. The van der Waals surface area contributed by atoms with Crippen molar-refractivity contribution < 1.29 is 9.59 Å². The molecule has 0 saturated carbocycles. The van der Waals surface area contributed by atoms with Crippen LogP contribution < -0.4 is 10.6 Å². The van der Waals surface area contributed by atoms with E-state index in [2.05, 4.69) is 17.6 Å². The number of rotatable bonds is 7. The highest BCUT2D eigenvalue weighted by atomic mass is 16.2. The molecule has 2 amide bonds. The maximum atomic E-state index is 11.9. The van der Waals surface area contributed by atoms with E-state index in [0.717, 1.165) is 19.3 Å². The van der Waals surface area contributed by atoms with E-state index in [4.69, 9.17) is 0 Å². The van der Waals surface area contributed by atoms with Crippen LogP contribution in [0.5, 0.6) is 0 Å². The molecule has 17 heavy (non-hydrogen) atoms. The summed E-state index contributed by atoms with van der Waals surface area (Å²) in [4.78, 5) is 23.8. The van der Waals surface area contributed by atoms with Crippen molar-refractivity contribution in [1.82, 2.24) is 10.6 Å². The van der Waals surface area contributed by atoms with Gasteiger partial charge in [-0.2, -0.15) is 0 Å². The zero-order valence-electron chi connectivity index (χ0n) is 11.7. The van der Waals surface area contributed by atoms with Crippen LogP contribution in [0.25, 0.3) is 0 Å². The molecule has 0 aliphatic rings. The summed E-state index contributed by atoms with van der Waals surface area (Å²) in [5.74, 6) is -0.410. The second-order valence-corrected chi connectivity index (χ2v) is 5.02. The predicted molar refractivity (Wildman–Crippen MR) is 69.6 cm³/mol. The van der Waals surface area contributed by atoms with Crippen molar-refractivity contribution in [3.8, 4) is 0 Å². The van der Waals surface area contributed by atoms with Gasteiger partial charge in [0, 0.05) is 12.6 Å². The summed E-state index contributed by atoms with van der Waals surface area (Å²) in [5.41, 5.74) is -1.00. The summed E-state index contributed by atoms with van der Waals surface area (Å²) in [6, 6.07) is 0.102. The Kier molecular flexibility index (Phi) is 6.85. The third kappa shape index (κ3) is 5.20. The van der Waals surface area contributed by atoms with Gasteiger partial charge in [-0.05, 0) is 33.6 Å². The molecular formula is C13H26N2O2. The lowest BCUT2D eigenvalue weighted by Crippen LogP contribution is -2.50. The van der Waals surface area contributed by atoms with E-state index in [-0.39, 0.29) is 17.9 Å². The van der Waals surface area contributed by atoms with Gasteiger partial charge in [0.25, 0.3) is 0 Å². The first-order valence-electron chi connectivity index (χ1n) is 6.45. The van der Waals surface area contributed by atoms with Crippen LogP contribution in [0.3, 0.4) is 0 Å². The molecule has 0 aliphatic heterocycles. The molecule has 0 saturated heterocycles. The first kappa shape index (κ1) is 15.9. The molecule has 0 fully saturated rings. The van der Waals surface area contributed by atoms with Crippen LogP contribution in [0.15, 0.2) is 0 Å². The van der Waals surface area contributed by atoms with E-state index in [1.165, 1.54) is 0 Å². The number of hydrogen-bond donors (Lipinski definition) is 2. The van der Waals surface area contributed by atoms with Crippen LogP contribution in [-0.4, -0.2) is 24.4 Å². The molecule has 0 aromatic heterocycles. The monoisotopic (exact) mass is 242 g/mol. The first-order chi connectivity index (χ1) is 7.86. The average Bonchev–Trinajstić information content (AvgIpc) is 2.28. The number of amides is 2. The van der Waals surface area contributed by atoms with Crippen molar-refractivity contribution >= 4 is 11.8 Å². The smallest absolute Gasteiger partial charge is 0.235 e. The number of carbonyl (C=O) groups is 2. The fraction of sp³-hybridized carbons (Fsp3) is 0.846. The third-order valence-electron chi connectivity index (χ3n) is 2.94. The fourth-order valence-electron chi connectivity index (χ4n) is 1.21. The lowest BCUT2D eigenvalue weighted by Gasteiger charge is -2.24. The largest absolute Gasteiger partial charge is 0.355 e. The molecule has 0 aromatic rings. The zero-order valence-corrected chi connectivity index (χ0v) is 11.7. The van der Waals surface area contributed by atoms with Gasteiger partial charge in [0.05, 0.1) is 0 Å². The SMILES string of the molecule is CCCCNC(=O)C(C)(C)C(=O)NC(C)CC. The summed E-state index contributed by atoms with van der Waals surface area (Å²) in [6.45, 7) is 9.95. The minimum absolute atomic E-state index is 0.102. The second-order valence-electron chi connectivity index (χ2n) is 5.02. The molecule has 1 atom stereocenters. The molecule has 100 valence electrons. The van der Waals surface area contributed by atoms with Crippen molar-refractivity contribution in [2.24, 2.45) is 5.41 Å². The van der Waals surface area contributed by atoms with Gasteiger partial charge in [0.2, 0.25) is 11.8 Å². The molecule has 0 aromatic carbocycles. The highest BCUT2D eigenvalue weighted by Gasteiger charge is 2.36. The highest BCUT2D eigenvalue weighted by molar-refractivity contribution is 6.04. The lowest BCUT2D eigenvalue weighted by atomic mass is 9.90. The first-order valence-corrected chi connectivity index (χ1v) is 6.45. The van der Waals surface area contributed by atoms with Crippen LogP contribution in [0.2, 0.25) is 0 Å². The Hall–Kier alpha value is -1.06. The molecule has 0 bridgehead atoms. The van der Waals surface area contributed by atoms with Gasteiger partial charge in [-0.3, -0.25) is 9.59 Å². The fourth-order valence-corrected chi connectivity index (χ4v) is 1.21. The van der Waals surface area contributed by atoms with E-state index in [0.29, 0.717) is 6.54 Å². The summed E-state index contributed by atoms with van der Waals surface area (Å²) < 4.78 is 0. The molecule has 0 rings (SSSR count). The van der Waals surface area contributed by atoms with Crippen LogP contribution in [0, 0.1) is 5.41 Å². The Bertz CT molecular complexity index is 262. The molecule has 0 heterocycles. The van der Waals surface area contributed by atoms with Crippen molar-refractivity contribution in [1.29, 1.82) is 0 Å². The van der Waals surface area contributed by atoms with Crippen LogP contribution in [0.1, 0.15) is 53.9 Å². The molecule has 4 heteroatoms. The molecule has 4 nitrogen and oxygen atoms in total. The van der Waals surface area contributed by atoms with E-state index in [9.17, 15) is 9.59 Å². The normalized spacial score (nSPS) is 13.0. The van der Waals surface area contributed by atoms with Crippen molar-refractivity contribution in [3.05, 3.63) is 0 Å². The highest BCUT2D eigenvalue weighted by Crippen LogP contribution is 2.16. The van der Waals surface area contributed by atoms with Gasteiger partial charge in [-0.1, -0.05) is 20.3 Å². The van der Waals surface area contributed by atoms with Gasteiger partial charge in [0.1, 0.15) is 5.41 Å². The Labute approximate surface area is 105 Å². The maximum Gasteiger partial charge on any atom is 0.235 e. The third-order valence-corrected chi connectivity index (χ3v) is 2.94.